The van der Waals surface area contributed by atoms with Crippen LogP contribution in [0.15, 0.2) is 24.5 Å². The van der Waals surface area contributed by atoms with Crippen molar-refractivity contribution in [2.75, 3.05) is 0 Å². The van der Waals surface area contributed by atoms with Crippen LogP contribution in [0.4, 0.5) is 0 Å². The highest BCUT2D eigenvalue weighted by atomic mass is 16.5. The van der Waals surface area contributed by atoms with Crippen LogP contribution in [0.3, 0.4) is 0 Å². The summed E-state index contributed by atoms with van der Waals surface area (Å²) in [4.78, 5) is 0. The molecule has 1 heteroatoms. The number of hydrogen-bond acceptors (Lipinski definition) is 1. The lowest BCUT2D eigenvalue weighted by atomic mass is 10.1. The van der Waals surface area contributed by atoms with Crippen molar-refractivity contribution in [2.24, 2.45) is 0 Å². The van der Waals surface area contributed by atoms with Crippen LogP contribution in [0.25, 0.3) is 0 Å². The Kier molecular flexibility index (Phi) is 11.6. The van der Waals surface area contributed by atoms with Crippen LogP contribution < -0.4 is 0 Å². The number of rotatable bonds is 9. The molecule has 0 aromatic rings. The second-order valence-corrected chi connectivity index (χ2v) is 3.48. The number of ether oxygens (including phenoxy) is 1. The molecule has 0 amide bonds. The van der Waals surface area contributed by atoms with Crippen LogP contribution in [-0.2, 0) is 4.74 Å². The predicted molar refractivity (Wildman–Crippen MR) is 62.7 cm³/mol. The Morgan fingerprint density at radius 3 is 2.43 bits per heavy atom. The first-order valence-corrected chi connectivity index (χ1v) is 5.64. The minimum Gasteiger partial charge on any atom is -0.498 e. The lowest BCUT2D eigenvalue weighted by Gasteiger charge is -1.97. The quantitative estimate of drug-likeness (QED) is 0.296. The summed E-state index contributed by atoms with van der Waals surface area (Å²) in [6.45, 7) is 2.25. The first-order valence-electron chi connectivity index (χ1n) is 5.64. The van der Waals surface area contributed by atoms with E-state index in [4.69, 9.17) is 0 Å². The van der Waals surface area contributed by atoms with Crippen LogP contribution in [-0.4, -0.2) is 0 Å². The van der Waals surface area contributed by atoms with Crippen molar-refractivity contribution in [3.05, 3.63) is 31.6 Å². The maximum atomic E-state index is 4.53. The highest BCUT2D eigenvalue weighted by molar-refractivity contribution is 4.99. The summed E-state index contributed by atoms with van der Waals surface area (Å²) in [5, 5.41) is 0. The molecule has 1 nitrogen and oxygen atoms in total. The van der Waals surface area contributed by atoms with Crippen LogP contribution in [0, 0.1) is 7.11 Å². The van der Waals surface area contributed by atoms with E-state index in [2.05, 4.69) is 24.8 Å². The van der Waals surface area contributed by atoms with E-state index in [1.54, 1.807) is 6.26 Å². The maximum absolute atomic E-state index is 4.53. The van der Waals surface area contributed by atoms with Gasteiger partial charge in [0.2, 0.25) is 0 Å². The summed E-state index contributed by atoms with van der Waals surface area (Å²) in [5.41, 5.74) is 0. The smallest absolute Gasteiger partial charge is 0.121 e. The molecule has 0 bridgehead atoms. The van der Waals surface area contributed by atoms with Crippen LogP contribution in [0.2, 0.25) is 0 Å². The topological polar surface area (TPSA) is 9.23 Å². The number of unbranched alkanes of at least 4 members (excludes halogenated alkanes) is 6. The van der Waals surface area contributed by atoms with Gasteiger partial charge in [-0.05, 0) is 18.9 Å². The van der Waals surface area contributed by atoms with E-state index in [-0.39, 0.29) is 0 Å². The Balaban J connectivity index is 3.05. The van der Waals surface area contributed by atoms with Crippen LogP contribution >= 0.6 is 0 Å². The summed E-state index contributed by atoms with van der Waals surface area (Å²) in [6, 6.07) is 0. The molecule has 0 saturated carbocycles. The summed E-state index contributed by atoms with van der Waals surface area (Å²) in [6.07, 6.45) is 17.0. The van der Waals surface area contributed by atoms with Gasteiger partial charge in [0.25, 0.3) is 0 Å². The van der Waals surface area contributed by atoms with Gasteiger partial charge in [-0.1, -0.05) is 51.2 Å². The standard InChI is InChI=1S/C13H23O/c1-3-4-5-6-7-8-9-10-11-12-13-14-2/h10-13H,2-9H2,1H3. The zero-order chi connectivity index (χ0) is 10.5. The van der Waals surface area contributed by atoms with E-state index < -0.39 is 0 Å². The van der Waals surface area contributed by atoms with Gasteiger partial charge < -0.3 is 4.74 Å². The van der Waals surface area contributed by atoms with Gasteiger partial charge in [0.1, 0.15) is 7.11 Å². The third-order valence-corrected chi connectivity index (χ3v) is 2.15. The Morgan fingerprint density at radius 1 is 1.00 bits per heavy atom. The molecule has 0 atom stereocenters. The Labute approximate surface area is 88.9 Å². The average Bonchev–Trinajstić information content (AvgIpc) is 2.21. The van der Waals surface area contributed by atoms with Crippen molar-refractivity contribution < 1.29 is 4.74 Å². The molecule has 0 N–H and O–H groups in total. The normalized spacial score (nSPS) is 11.6. The van der Waals surface area contributed by atoms with E-state index in [1.165, 1.54) is 44.9 Å². The molecule has 0 saturated heterocycles. The van der Waals surface area contributed by atoms with Crippen molar-refractivity contribution in [3.8, 4) is 0 Å². The molecule has 1 radical (unpaired) electrons. The molecule has 0 fully saturated rings. The lowest BCUT2D eigenvalue weighted by molar-refractivity contribution is 0.394. The van der Waals surface area contributed by atoms with Gasteiger partial charge in [-0.2, -0.15) is 0 Å². The van der Waals surface area contributed by atoms with Crippen molar-refractivity contribution in [2.45, 2.75) is 51.9 Å². The van der Waals surface area contributed by atoms with E-state index in [0.29, 0.717) is 0 Å². The molecular formula is C13H23O. The first kappa shape index (κ1) is 13.3. The maximum Gasteiger partial charge on any atom is 0.121 e. The molecule has 0 aromatic heterocycles. The summed E-state index contributed by atoms with van der Waals surface area (Å²) in [5.74, 6) is 0. The molecule has 0 aliphatic carbocycles. The molecule has 0 aliphatic rings. The molecule has 0 aromatic carbocycles. The average molecular weight is 195 g/mol. The molecule has 0 aliphatic heterocycles. The van der Waals surface area contributed by atoms with Gasteiger partial charge in [0.15, 0.2) is 0 Å². The zero-order valence-electron chi connectivity index (χ0n) is 9.37. The van der Waals surface area contributed by atoms with Crippen LogP contribution in [0.5, 0.6) is 0 Å². The molecular weight excluding hydrogens is 172 g/mol. The van der Waals surface area contributed by atoms with E-state index in [9.17, 15) is 0 Å². The molecule has 0 unspecified atom stereocenters. The third-order valence-electron chi connectivity index (χ3n) is 2.15. The van der Waals surface area contributed by atoms with Crippen molar-refractivity contribution >= 4 is 0 Å². The van der Waals surface area contributed by atoms with Gasteiger partial charge in [0.05, 0.1) is 6.26 Å². The molecule has 14 heavy (non-hydrogen) atoms. The summed E-state index contributed by atoms with van der Waals surface area (Å²) in [7, 11) is 3.24. The molecule has 0 rings (SSSR count). The van der Waals surface area contributed by atoms with Crippen molar-refractivity contribution in [1.82, 2.24) is 0 Å². The molecule has 0 heterocycles. The molecule has 81 valence electrons. The first-order chi connectivity index (χ1) is 6.91. The van der Waals surface area contributed by atoms with Crippen molar-refractivity contribution in [3.63, 3.8) is 0 Å². The Bertz CT molecular complexity index is 147. The fourth-order valence-electron chi connectivity index (χ4n) is 1.32. The summed E-state index contributed by atoms with van der Waals surface area (Å²) >= 11 is 0. The fourth-order valence-corrected chi connectivity index (χ4v) is 1.32. The van der Waals surface area contributed by atoms with Gasteiger partial charge in [-0.15, -0.1) is 0 Å². The van der Waals surface area contributed by atoms with E-state index in [1.807, 2.05) is 12.2 Å². The van der Waals surface area contributed by atoms with Crippen molar-refractivity contribution in [1.29, 1.82) is 0 Å². The number of hydrogen-bond donors (Lipinski definition) is 0. The minimum absolute atomic E-state index is 1.17. The fraction of sp³-hybridized carbons (Fsp3) is 0.615. The monoisotopic (exact) mass is 195 g/mol. The van der Waals surface area contributed by atoms with Gasteiger partial charge in [-0.25, -0.2) is 0 Å². The highest BCUT2D eigenvalue weighted by Crippen LogP contribution is 2.06. The minimum atomic E-state index is 1.17. The van der Waals surface area contributed by atoms with Gasteiger partial charge in [-0.3, -0.25) is 0 Å². The number of allylic oxidation sites excluding steroid dienone is 3. The molecule has 0 spiro atoms. The summed E-state index contributed by atoms with van der Waals surface area (Å²) < 4.78 is 4.53. The highest BCUT2D eigenvalue weighted by Gasteiger charge is 1.87. The van der Waals surface area contributed by atoms with E-state index in [0.717, 1.165) is 0 Å². The largest absolute Gasteiger partial charge is 0.498 e. The van der Waals surface area contributed by atoms with Crippen LogP contribution in [0.1, 0.15) is 51.9 Å². The zero-order valence-corrected chi connectivity index (χ0v) is 9.37. The van der Waals surface area contributed by atoms with E-state index >= 15 is 0 Å². The SMILES string of the molecule is [CH2]OC=CC=CCCCCCCCC. The Hall–Kier alpha value is -0.720. The Morgan fingerprint density at radius 2 is 1.71 bits per heavy atom. The van der Waals surface area contributed by atoms with Gasteiger partial charge in [0, 0.05) is 0 Å². The third kappa shape index (κ3) is 11.3. The lowest BCUT2D eigenvalue weighted by Crippen LogP contribution is -1.77. The predicted octanol–water partition coefficient (Wildman–Crippen LogP) is 4.62. The second kappa shape index (κ2) is 12.3. The van der Waals surface area contributed by atoms with Gasteiger partial charge >= 0.3 is 0 Å². The second-order valence-electron chi connectivity index (χ2n) is 3.48.